The van der Waals surface area contributed by atoms with Crippen molar-refractivity contribution in [2.45, 2.75) is 52.7 Å². The van der Waals surface area contributed by atoms with Gasteiger partial charge in [-0.1, -0.05) is 0 Å². The van der Waals surface area contributed by atoms with Gasteiger partial charge in [-0.25, -0.2) is 4.90 Å². The lowest BCUT2D eigenvalue weighted by Crippen LogP contribution is -3.07. The minimum absolute atomic E-state index is 0.196. The van der Waals surface area contributed by atoms with Crippen molar-refractivity contribution in [1.29, 1.82) is 0 Å². The van der Waals surface area contributed by atoms with Crippen molar-refractivity contribution in [2.24, 2.45) is 7.05 Å². The second-order valence-electron chi connectivity index (χ2n) is 9.52. The minimum Gasteiger partial charge on any atom is -0.504 e. The Hall–Kier alpha value is -2.71. The molecule has 39 heavy (non-hydrogen) atoms. The molecule has 2 atom stereocenters. The lowest BCUT2D eigenvalue weighted by molar-refractivity contribution is -0.655. The average molecular weight is 570 g/mol. The number of aromatic hydroxyl groups is 4. The monoisotopic (exact) mass is 570 g/mol. The first kappa shape index (κ1) is 29.3. The van der Waals surface area contributed by atoms with Crippen LogP contribution in [0, 0.1) is 0 Å². The van der Waals surface area contributed by atoms with E-state index in [-0.39, 0.29) is 7.05 Å². The fourth-order valence-corrected chi connectivity index (χ4v) is 5.27. The molecule has 2 unspecified atom stereocenters. The van der Waals surface area contributed by atoms with Gasteiger partial charge in [0.25, 0.3) is 28.9 Å². The van der Waals surface area contributed by atoms with Gasteiger partial charge < -0.3 is 86.8 Å². The highest BCUT2D eigenvalue weighted by molar-refractivity contribution is 5.97. The van der Waals surface area contributed by atoms with Gasteiger partial charge in [0.1, 0.15) is 5.52 Å². The average Bonchev–Trinajstić information content (AvgIpc) is 3.16. The first-order chi connectivity index (χ1) is 17.3. The van der Waals surface area contributed by atoms with Crippen LogP contribution in [0.25, 0.3) is 10.9 Å². The quantitative estimate of drug-likeness (QED) is 0.0924. The van der Waals surface area contributed by atoms with Crippen LogP contribution in [-0.4, -0.2) is 155 Å². The van der Waals surface area contributed by atoms with Gasteiger partial charge in [-0.2, -0.15) is 5.10 Å². The third-order valence-corrected chi connectivity index (χ3v) is 7.66. The number of benzene rings is 1. The number of piperidine rings is 2. The van der Waals surface area contributed by atoms with Gasteiger partial charge in [-0.05, 0) is 7.05 Å². The van der Waals surface area contributed by atoms with Crippen LogP contribution in [0.3, 0.4) is 0 Å². The Morgan fingerprint density at radius 2 is 1.00 bits per heavy atom. The highest BCUT2D eigenvalue weighted by atomic mass is 16.7. The summed E-state index contributed by atoms with van der Waals surface area (Å²) in [6.45, 7) is -1.27. The van der Waals surface area contributed by atoms with Gasteiger partial charge in [0, 0.05) is 13.6 Å². The van der Waals surface area contributed by atoms with Gasteiger partial charge >= 0.3 is 0 Å². The number of nitrogens with one attached hydrogen (secondary N) is 1. The number of rotatable bonds is 3. The molecule has 2 aromatic rings. The standard InChI is InChI=1S/C18H26N4O17/c1-21-6-5(7(23)9(25)10(26)8(6)24)4(20-21)3-19-11(27)14(30,31)12(28)16(34,35)18(38,39)17(36,37)13(29,22(12)2)15(11,32)33/h19,23-39H,3H2,1-2H3. The maximum Gasteiger partial charge on any atom is 0.283 e. The van der Waals surface area contributed by atoms with Crippen LogP contribution in [0.2, 0.25) is 0 Å². The van der Waals surface area contributed by atoms with E-state index in [9.17, 15) is 86.8 Å². The molecule has 0 amide bonds. The molecule has 2 aliphatic rings. The van der Waals surface area contributed by atoms with Crippen molar-refractivity contribution in [3.63, 3.8) is 0 Å². The van der Waals surface area contributed by atoms with Gasteiger partial charge in [-0.15, -0.1) is 0 Å². The van der Waals surface area contributed by atoms with Crippen LogP contribution in [0.4, 0.5) is 0 Å². The summed E-state index contributed by atoms with van der Waals surface area (Å²) in [7, 11) is 1.31. The number of aromatic nitrogens is 2. The van der Waals surface area contributed by atoms with Crippen LogP contribution in [0.5, 0.6) is 23.0 Å². The Kier molecular flexibility index (Phi) is 5.50. The number of hydrogen-bond acceptors (Lipinski definition) is 20. The van der Waals surface area contributed by atoms with E-state index in [1.165, 1.54) is 0 Å². The molecule has 0 saturated carbocycles. The predicted octanol–water partition coefficient (Wildman–Crippen LogP) is -9.09. The molecule has 0 radical (unpaired) electrons. The van der Waals surface area contributed by atoms with E-state index < -0.39 is 97.2 Å². The third kappa shape index (κ3) is 2.57. The van der Waals surface area contributed by atoms with E-state index in [0.717, 1.165) is 11.7 Å². The number of hydrogen-bond donors (Lipinski definition) is 18. The van der Waals surface area contributed by atoms with Crippen molar-refractivity contribution < 1.29 is 86.8 Å². The van der Waals surface area contributed by atoms with Crippen molar-refractivity contribution in [2.75, 3.05) is 7.05 Å². The predicted molar refractivity (Wildman–Crippen MR) is 113 cm³/mol. The van der Waals surface area contributed by atoms with E-state index in [2.05, 4.69) is 5.10 Å². The van der Waals surface area contributed by atoms with E-state index in [0.29, 0.717) is 0 Å². The van der Waals surface area contributed by atoms with Gasteiger partial charge in [0.2, 0.25) is 28.7 Å². The van der Waals surface area contributed by atoms with Crippen molar-refractivity contribution in [3.8, 4) is 23.0 Å². The van der Waals surface area contributed by atoms with Crippen LogP contribution >= 0.6 is 0 Å². The lowest BCUT2D eigenvalue weighted by Gasteiger charge is -2.74. The molecule has 18 N–H and O–H groups in total. The van der Waals surface area contributed by atoms with Gasteiger partial charge in [0.05, 0.1) is 11.1 Å². The molecule has 3 heterocycles. The number of aliphatic hydroxyl groups is 13. The number of likely N-dealkylation sites (N-methyl/N-ethyl adjacent to an activating group) is 1. The molecule has 0 spiro atoms. The van der Waals surface area contributed by atoms with Crippen LogP contribution in [0.15, 0.2) is 0 Å². The Morgan fingerprint density at radius 3 is 1.44 bits per heavy atom. The summed E-state index contributed by atoms with van der Waals surface area (Å²) < 4.78 is 0.774. The molecule has 2 aliphatic heterocycles. The minimum atomic E-state index is -5.04. The Balaban J connectivity index is 1.97. The lowest BCUT2D eigenvalue weighted by atomic mass is 9.59. The van der Waals surface area contributed by atoms with E-state index >= 15 is 0 Å². The molecule has 1 aromatic carbocycles. The largest absolute Gasteiger partial charge is 0.504 e. The van der Waals surface area contributed by atoms with E-state index in [1.54, 1.807) is 5.32 Å². The van der Waals surface area contributed by atoms with Crippen molar-refractivity contribution >= 4 is 10.9 Å². The zero-order valence-electron chi connectivity index (χ0n) is 19.7. The third-order valence-electron chi connectivity index (χ3n) is 7.66. The smallest absolute Gasteiger partial charge is 0.283 e. The number of aryl methyl sites for hydroxylation is 1. The Bertz CT molecular complexity index is 1340. The Morgan fingerprint density at radius 1 is 0.590 bits per heavy atom. The molecule has 1 aromatic heterocycles. The second-order valence-corrected chi connectivity index (χ2v) is 9.52. The Labute approximate surface area is 214 Å². The fourth-order valence-electron chi connectivity index (χ4n) is 5.27. The summed E-state index contributed by atoms with van der Waals surface area (Å²) in [5, 5.41) is 183. The van der Waals surface area contributed by atoms with Gasteiger partial charge in [-0.3, -0.25) is 10.00 Å². The molecule has 2 fully saturated rings. The van der Waals surface area contributed by atoms with Crippen molar-refractivity contribution in [3.05, 3.63) is 5.69 Å². The van der Waals surface area contributed by atoms with Crippen LogP contribution in [0.1, 0.15) is 5.69 Å². The zero-order valence-corrected chi connectivity index (χ0v) is 19.7. The SMILES string of the molecule is CN1C2(O)C(O)(O)C(O)(O)C(O)(O)C1(O)C(O)(O)C(O)(NCc1nn(C)c3c(O)c(O)c(O)c(O)c13)C2(O)O. The summed E-state index contributed by atoms with van der Waals surface area (Å²) in [5.41, 5.74) is -15.0. The molecule has 21 nitrogen and oxygen atoms in total. The molecule has 4 rings (SSSR count). The fraction of sp³-hybridized carbons (Fsp3) is 0.611. The molecular formula is C18H26N4O17. The maximum atomic E-state index is 11.2. The normalized spacial score (nSPS) is 34.3. The summed E-state index contributed by atoms with van der Waals surface area (Å²) in [6, 6.07) is 0. The summed E-state index contributed by atoms with van der Waals surface area (Å²) >= 11 is 0. The molecule has 0 aliphatic carbocycles. The molecule has 2 saturated heterocycles. The first-order valence-corrected chi connectivity index (χ1v) is 10.5. The number of phenolic OH excluding ortho intramolecular Hbond substituents is 4. The molecule has 21 heteroatoms. The number of nitrogens with zero attached hydrogens (tertiary/aromatic N) is 3. The van der Waals surface area contributed by atoms with E-state index in [4.69, 9.17) is 0 Å². The topological polar surface area (TPSA) is 377 Å². The van der Waals surface area contributed by atoms with Crippen LogP contribution in [-0.2, 0) is 13.6 Å². The zero-order chi connectivity index (χ0) is 30.3. The number of phenols is 4. The summed E-state index contributed by atoms with van der Waals surface area (Å²) in [6.07, 6.45) is 0. The molecular weight excluding hydrogens is 544 g/mol. The summed E-state index contributed by atoms with van der Waals surface area (Å²) in [4.78, 5) is -0.693. The van der Waals surface area contributed by atoms with Crippen molar-refractivity contribution in [1.82, 2.24) is 20.0 Å². The number of fused-ring (bicyclic) bond motifs is 3. The highest BCUT2D eigenvalue weighted by Crippen LogP contribution is 2.63. The molecule has 2 bridgehead atoms. The van der Waals surface area contributed by atoms with Gasteiger partial charge in [0.15, 0.2) is 11.5 Å². The summed E-state index contributed by atoms with van der Waals surface area (Å²) in [5.74, 6) is -29.3. The van der Waals surface area contributed by atoms with E-state index in [1.807, 2.05) is 0 Å². The highest BCUT2D eigenvalue weighted by Gasteiger charge is 2.99. The first-order valence-electron chi connectivity index (χ1n) is 10.5. The van der Waals surface area contributed by atoms with Crippen LogP contribution < -0.4 is 5.32 Å². The maximum absolute atomic E-state index is 11.2. The molecule has 220 valence electrons. The second kappa shape index (κ2) is 7.32.